The van der Waals surface area contributed by atoms with E-state index in [9.17, 15) is 108 Å². The Bertz CT molecular complexity index is 2790. The van der Waals surface area contributed by atoms with Crippen molar-refractivity contribution in [1.29, 1.82) is 0 Å². The molecule has 0 aromatic rings. The molecule has 15 atom stereocenters. The molecule has 0 saturated carbocycles. The van der Waals surface area contributed by atoms with E-state index in [0.29, 0.717) is 0 Å². The Kier molecular flexibility index (Phi) is 38.5. The number of hydrogen-bond acceptors (Lipinski definition) is 36. The van der Waals surface area contributed by atoms with Crippen molar-refractivity contribution < 1.29 is 203 Å². The summed E-state index contributed by atoms with van der Waals surface area (Å²) >= 11 is 0. The summed E-state index contributed by atoms with van der Waals surface area (Å²) < 4.78 is 149. The van der Waals surface area contributed by atoms with Crippen molar-refractivity contribution in [3.05, 3.63) is 0 Å². The smallest absolute Gasteiger partial charge is 0.748 e. The van der Waals surface area contributed by atoms with Gasteiger partial charge in [-0.15, -0.1) is 0 Å². The van der Waals surface area contributed by atoms with Crippen LogP contribution >= 0.6 is 0 Å². The summed E-state index contributed by atoms with van der Waals surface area (Å²) in [4.78, 5) is 140. The van der Waals surface area contributed by atoms with E-state index in [-0.39, 0.29) is 74.2 Å². The number of esters is 10. The van der Waals surface area contributed by atoms with Crippen LogP contribution in [0.5, 0.6) is 0 Å². The SMILES string of the molecule is CC(=O)OC(=O)[C@H]1O[C@@H](OC(C)=O)[C@H](OC(C)=O)[C@@H](OC(C)=O)[C@@H]1OC(C)=O.CC(=O)O[C@@H]1O[C@H](C(=O)NCCCS(=O)(=O)O)[C@@H](OC(C)=O)[C@H](OC(C)=O)[C@H]1OC(C)=O.NCCCS(=O)(=O)[O-].O=C(NCCCS(=O)(=O)O)[C@H]1OC(O)[C@H](O)[C@@H](O)[C@@H]1O.[Na+]. The molecule has 3 aliphatic rings. The molecule has 0 spiro atoms. The number of nitrogens with two attached hydrogens (primary N) is 1. The van der Waals surface area contributed by atoms with Crippen LogP contribution in [-0.4, -0.2) is 260 Å². The molecule has 3 aliphatic heterocycles. The quantitative estimate of drug-likeness (QED) is 0.0121. The molecule has 89 heavy (non-hydrogen) atoms. The van der Waals surface area contributed by atoms with Crippen LogP contribution in [0.1, 0.15) is 81.6 Å². The van der Waals surface area contributed by atoms with Crippen molar-refractivity contribution in [3.8, 4) is 0 Å². The van der Waals surface area contributed by atoms with E-state index in [1.807, 2.05) is 0 Å². The van der Waals surface area contributed by atoms with E-state index in [1.165, 1.54) is 0 Å². The molecule has 2 amide bonds. The second-order valence-corrected chi connectivity index (χ2v) is 22.8. The number of aliphatic hydroxyl groups excluding tert-OH is 4. The van der Waals surface area contributed by atoms with Crippen LogP contribution in [0.3, 0.4) is 0 Å². The molecule has 0 bridgehead atoms. The molecule has 10 N–H and O–H groups in total. The zero-order valence-corrected chi connectivity index (χ0v) is 53.6. The first-order chi connectivity index (χ1) is 40.3. The molecule has 44 heteroatoms. The number of carbonyl (C=O) groups is 12. The topological polar surface area (TPSA) is 613 Å². The van der Waals surface area contributed by atoms with Gasteiger partial charge < -0.3 is 98.2 Å². The van der Waals surface area contributed by atoms with Gasteiger partial charge in [0.2, 0.25) is 24.8 Å². The van der Waals surface area contributed by atoms with E-state index in [4.69, 9.17) is 62.2 Å². The van der Waals surface area contributed by atoms with Crippen LogP contribution < -0.4 is 45.9 Å². The van der Waals surface area contributed by atoms with Gasteiger partial charge in [-0.2, -0.15) is 16.8 Å². The maximum Gasteiger partial charge on any atom is 1.00 e. The molecule has 0 aromatic heterocycles. The van der Waals surface area contributed by atoms with Crippen molar-refractivity contribution in [2.24, 2.45) is 5.73 Å². The molecule has 1 unspecified atom stereocenters. The summed E-state index contributed by atoms with van der Waals surface area (Å²) in [5.41, 5.74) is 4.93. The molecule has 0 radical (unpaired) electrons. The summed E-state index contributed by atoms with van der Waals surface area (Å²) in [6, 6.07) is 0. The Morgan fingerprint density at radius 3 is 1.07 bits per heavy atom. The van der Waals surface area contributed by atoms with Crippen molar-refractivity contribution in [2.45, 2.75) is 174 Å². The molecule has 3 rings (SSSR count). The van der Waals surface area contributed by atoms with Gasteiger partial charge in [0.05, 0.1) is 21.6 Å². The fourth-order valence-electron chi connectivity index (χ4n) is 7.14. The van der Waals surface area contributed by atoms with Crippen LogP contribution in [0.4, 0.5) is 0 Å². The van der Waals surface area contributed by atoms with Gasteiger partial charge in [0.15, 0.2) is 49.0 Å². The first kappa shape index (κ1) is 85.3. The number of amides is 2. The number of ether oxygens (including phenoxy) is 12. The van der Waals surface area contributed by atoms with Crippen LogP contribution in [0.2, 0.25) is 0 Å². The van der Waals surface area contributed by atoms with E-state index in [2.05, 4.69) is 20.1 Å². The average molecular weight is 1360 g/mol. The fraction of sp³-hybridized carbons (Fsp3) is 0.733. The molecule has 40 nitrogen and oxygen atoms in total. The van der Waals surface area contributed by atoms with Crippen LogP contribution in [0.25, 0.3) is 0 Å². The number of aliphatic hydroxyl groups is 4. The predicted octanol–water partition coefficient (Wildman–Crippen LogP) is -10.3. The Morgan fingerprint density at radius 1 is 0.427 bits per heavy atom. The minimum atomic E-state index is -4.25. The number of rotatable bonds is 22. The zero-order chi connectivity index (χ0) is 68.4. The molecule has 3 saturated heterocycles. The number of hydrogen-bond donors (Lipinski definition) is 9. The van der Waals surface area contributed by atoms with E-state index < -0.39 is 205 Å². The normalized spacial score (nSPS) is 26.2. The number of nitrogens with one attached hydrogen (secondary N) is 2. The second-order valence-electron chi connectivity index (χ2n) is 18.1. The van der Waals surface area contributed by atoms with Crippen LogP contribution in [0.15, 0.2) is 0 Å². The monoisotopic (exact) mass is 1360 g/mol. The summed E-state index contributed by atoms with van der Waals surface area (Å²) in [6.07, 6.45) is -25.2. The first-order valence-electron chi connectivity index (χ1n) is 25.2. The van der Waals surface area contributed by atoms with Gasteiger partial charge in [0.1, 0.15) is 18.3 Å². The minimum absolute atomic E-state index is 0. The Morgan fingerprint density at radius 2 is 0.753 bits per heavy atom. The maximum atomic E-state index is 12.7. The molecular formula is C45H70N3NaO37S3. The first-order valence-corrected chi connectivity index (χ1v) is 30.0. The predicted molar refractivity (Wildman–Crippen MR) is 276 cm³/mol. The Hall–Kier alpha value is -5.75. The van der Waals surface area contributed by atoms with E-state index in [0.717, 1.165) is 62.3 Å². The molecule has 0 aliphatic carbocycles. The van der Waals surface area contributed by atoms with Gasteiger partial charge in [0, 0.05) is 81.2 Å². The van der Waals surface area contributed by atoms with Crippen molar-refractivity contribution in [3.63, 3.8) is 0 Å². The van der Waals surface area contributed by atoms with Crippen molar-refractivity contribution in [2.75, 3.05) is 36.9 Å². The van der Waals surface area contributed by atoms with Gasteiger partial charge in [-0.05, 0) is 25.8 Å². The van der Waals surface area contributed by atoms with E-state index in [1.54, 1.807) is 0 Å². The Balaban J connectivity index is 0. The zero-order valence-electron chi connectivity index (χ0n) is 49.2. The van der Waals surface area contributed by atoms with Gasteiger partial charge in [-0.1, -0.05) is 0 Å². The van der Waals surface area contributed by atoms with Crippen LogP contribution in [-0.2, 0) is 145 Å². The van der Waals surface area contributed by atoms with E-state index >= 15 is 0 Å². The van der Waals surface area contributed by atoms with Gasteiger partial charge in [0.25, 0.3) is 32.1 Å². The van der Waals surface area contributed by atoms with Gasteiger partial charge in [-0.3, -0.25) is 61.8 Å². The third-order valence-electron chi connectivity index (χ3n) is 10.3. The summed E-state index contributed by atoms with van der Waals surface area (Å²) in [6.45, 7) is 8.92. The van der Waals surface area contributed by atoms with Crippen molar-refractivity contribution >= 4 is 102 Å². The summed E-state index contributed by atoms with van der Waals surface area (Å²) in [5.74, 6) is -12.7. The third kappa shape index (κ3) is 34.9. The van der Waals surface area contributed by atoms with Crippen LogP contribution in [0, 0.1) is 0 Å². The van der Waals surface area contributed by atoms with Gasteiger partial charge in [-0.25, -0.2) is 13.2 Å². The standard InChI is InChI=1S/C17H25NO13S.C16H20O12.C9H17NO9S.C3H9NO3S.Na/c1-8(19)27-12-13(28-9(2)20)15(29-10(3)21)17(30-11(4)22)31-14(12)16(23)18-6-5-7-32(24,25)26;1-6(17)23-11-12(24-7(2)18)14(25-8(3)19)16(27-10(5)21)28-13(11)15(22)26-9(4)20;11-4-5(12)7(19-9(15)6(4)13)8(14)10-2-1-3-20(16,17)18;4-2-1-3-8(5,6)7;/h12-15,17H,5-7H2,1-4H3,(H,18,23)(H,24,25,26);11-14,16H,1-5H3;4-7,9,11-13,15H,1-3H2,(H,10,14)(H,16,17,18);1-4H2,(H,5,6,7);/q;;;;+1/p-1/t12-,13-,14-,15+,17+;11-,12-,13-,14+,16+;4-,5-,6+,7-,9?;;/m000../s1. The molecule has 506 valence electrons. The third-order valence-corrected chi connectivity index (χ3v) is 12.7. The molecule has 3 fully saturated rings. The molecule has 0 aromatic carbocycles. The Labute approximate surface area is 529 Å². The number of carbonyl (C=O) groups excluding carboxylic acids is 12. The average Bonchev–Trinajstić information content (AvgIpc) is 1.25. The van der Waals surface area contributed by atoms with Gasteiger partial charge >= 0.3 is 89.3 Å². The molecule has 3 heterocycles. The minimum Gasteiger partial charge on any atom is -0.748 e. The summed E-state index contributed by atoms with van der Waals surface area (Å²) in [5, 5.41) is 41.9. The largest absolute Gasteiger partial charge is 1.00 e. The molecular weight excluding hydrogens is 1290 g/mol. The second kappa shape index (κ2) is 40.2. The van der Waals surface area contributed by atoms with Crippen molar-refractivity contribution in [1.82, 2.24) is 10.6 Å². The summed E-state index contributed by atoms with van der Waals surface area (Å²) in [7, 11) is -12.4. The maximum absolute atomic E-state index is 12.7. The fourth-order valence-corrected chi connectivity index (χ4v) is 8.68.